The average molecular weight is 431 g/mol. The molecule has 1 unspecified atom stereocenters. The molecule has 1 heterocycles. The fraction of sp³-hybridized carbons (Fsp3) is 0.318. The molecule has 30 heavy (non-hydrogen) atoms. The zero-order chi connectivity index (χ0) is 21.7. The topological polar surface area (TPSA) is 84.9 Å². The average Bonchev–Trinajstić information content (AvgIpc) is 2.74. The second-order valence-corrected chi connectivity index (χ2v) is 7.38. The van der Waals surface area contributed by atoms with Crippen LogP contribution in [-0.2, 0) is 9.59 Å². The van der Waals surface area contributed by atoms with Gasteiger partial charge in [0.05, 0.1) is 10.7 Å². The van der Waals surface area contributed by atoms with Crippen molar-refractivity contribution in [2.24, 2.45) is 0 Å². The highest BCUT2D eigenvalue weighted by Gasteiger charge is 2.28. The van der Waals surface area contributed by atoms with Crippen LogP contribution in [-0.4, -0.2) is 43.4 Å². The number of para-hydroxylation sites is 1. The molecule has 0 spiro atoms. The number of benzene rings is 2. The van der Waals surface area contributed by atoms with E-state index in [1.54, 1.807) is 42.5 Å². The molecule has 0 radical (unpaired) electrons. The van der Waals surface area contributed by atoms with Crippen LogP contribution in [0.5, 0.6) is 11.5 Å². The summed E-state index contributed by atoms with van der Waals surface area (Å²) >= 11 is 6.04. The van der Waals surface area contributed by atoms with Gasteiger partial charge < -0.3 is 14.8 Å². The van der Waals surface area contributed by atoms with Gasteiger partial charge in [-0.05, 0) is 43.7 Å². The molecule has 158 valence electrons. The Kier molecular flexibility index (Phi) is 6.95. The van der Waals surface area contributed by atoms with Gasteiger partial charge in [-0.25, -0.2) is 0 Å². The molecule has 0 aliphatic carbocycles. The predicted octanol–water partition coefficient (Wildman–Crippen LogP) is 3.24. The van der Waals surface area contributed by atoms with Crippen molar-refractivity contribution in [2.45, 2.75) is 26.3 Å². The lowest BCUT2D eigenvalue weighted by Gasteiger charge is -2.29. The smallest absolute Gasteiger partial charge is 0.265 e. The zero-order valence-electron chi connectivity index (χ0n) is 16.8. The number of halogens is 1. The van der Waals surface area contributed by atoms with Crippen molar-refractivity contribution in [2.75, 3.05) is 24.7 Å². The maximum Gasteiger partial charge on any atom is 0.265 e. The Labute approximate surface area is 179 Å². The van der Waals surface area contributed by atoms with Crippen LogP contribution in [0.3, 0.4) is 0 Å². The lowest BCUT2D eigenvalue weighted by atomic mass is 10.1. The standard InChI is InChI=1S/C22H23ClN2O5/c1-3-14(2)24-21(27)11-25-17-10-15(8-9-20(17)30-13-22(25)28)18(26)12-29-19-7-5-4-6-16(19)23/h4-10,14H,3,11-13H2,1-2H3,(H,24,27). The first-order valence-electron chi connectivity index (χ1n) is 9.66. The lowest BCUT2D eigenvalue weighted by molar-refractivity contribution is -0.125. The second kappa shape index (κ2) is 9.63. The molecule has 1 atom stereocenters. The number of fused-ring (bicyclic) bond motifs is 1. The summed E-state index contributed by atoms with van der Waals surface area (Å²) in [4.78, 5) is 38.6. The van der Waals surface area contributed by atoms with Crippen LogP contribution in [0.4, 0.5) is 5.69 Å². The third-order valence-corrected chi connectivity index (χ3v) is 5.05. The number of nitrogens with zero attached hydrogens (tertiary/aromatic N) is 1. The van der Waals surface area contributed by atoms with Crippen LogP contribution < -0.4 is 19.7 Å². The maximum atomic E-state index is 12.6. The Bertz CT molecular complexity index is 962. The minimum absolute atomic E-state index is 0.00276. The van der Waals surface area contributed by atoms with Crippen LogP contribution in [0.15, 0.2) is 42.5 Å². The van der Waals surface area contributed by atoms with Crippen LogP contribution in [0, 0.1) is 0 Å². The molecule has 0 fully saturated rings. The fourth-order valence-corrected chi connectivity index (χ4v) is 3.09. The molecule has 7 nitrogen and oxygen atoms in total. The van der Waals surface area contributed by atoms with Gasteiger partial charge in [-0.3, -0.25) is 19.3 Å². The van der Waals surface area contributed by atoms with E-state index in [-0.39, 0.29) is 43.4 Å². The number of Topliss-reactive ketones (excluding diaryl/α,β-unsaturated/α-hetero) is 1. The van der Waals surface area contributed by atoms with E-state index in [9.17, 15) is 14.4 Å². The maximum absolute atomic E-state index is 12.6. The summed E-state index contributed by atoms with van der Waals surface area (Å²) in [5.41, 5.74) is 0.723. The zero-order valence-corrected chi connectivity index (χ0v) is 17.6. The highest BCUT2D eigenvalue weighted by Crippen LogP contribution is 2.33. The van der Waals surface area contributed by atoms with Crippen molar-refractivity contribution in [3.63, 3.8) is 0 Å². The van der Waals surface area contributed by atoms with E-state index in [4.69, 9.17) is 21.1 Å². The van der Waals surface area contributed by atoms with Gasteiger partial charge in [0.15, 0.2) is 19.0 Å². The van der Waals surface area contributed by atoms with Gasteiger partial charge in [0, 0.05) is 11.6 Å². The minimum Gasteiger partial charge on any atom is -0.484 e. The molecule has 1 aliphatic heterocycles. The van der Waals surface area contributed by atoms with Crippen molar-refractivity contribution in [3.05, 3.63) is 53.1 Å². The summed E-state index contributed by atoms with van der Waals surface area (Å²) in [7, 11) is 0. The lowest BCUT2D eigenvalue weighted by Crippen LogP contribution is -2.46. The Hall–Kier alpha value is -3.06. The predicted molar refractivity (Wildman–Crippen MR) is 113 cm³/mol. The third-order valence-electron chi connectivity index (χ3n) is 4.74. The van der Waals surface area contributed by atoms with Gasteiger partial charge in [0.1, 0.15) is 18.0 Å². The van der Waals surface area contributed by atoms with Crippen LogP contribution >= 0.6 is 11.6 Å². The molecule has 0 saturated heterocycles. The summed E-state index contributed by atoms with van der Waals surface area (Å²) in [5.74, 6) is -0.0651. The van der Waals surface area contributed by atoms with Crippen molar-refractivity contribution in [1.29, 1.82) is 0 Å². The van der Waals surface area contributed by atoms with Gasteiger partial charge >= 0.3 is 0 Å². The largest absolute Gasteiger partial charge is 0.484 e. The molecule has 2 aromatic rings. The number of hydrogen-bond acceptors (Lipinski definition) is 5. The van der Waals surface area contributed by atoms with Crippen molar-refractivity contribution in [1.82, 2.24) is 5.32 Å². The number of nitrogens with one attached hydrogen (secondary N) is 1. The van der Waals surface area contributed by atoms with Gasteiger partial charge in [-0.2, -0.15) is 0 Å². The van der Waals surface area contributed by atoms with E-state index in [0.29, 0.717) is 27.8 Å². The van der Waals surface area contributed by atoms with Gasteiger partial charge in [-0.1, -0.05) is 30.7 Å². The first-order chi connectivity index (χ1) is 14.4. The second-order valence-electron chi connectivity index (χ2n) is 6.97. The first-order valence-corrected chi connectivity index (χ1v) is 10.0. The highest BCUT2D eigenvalue weighted by molar-refractivity contribution is 6.32. The van der Waals surface area contributed by atoms with Gasteiger partial charge in [0.2, 0.25) is 5.91 Å². The number of carbonyl (C=O) groups excluding carboxylic acids is 3. The highest BCUT2D eigenvalue weighted by atomic mass is 35.5. The van der Waals surface area contributed by atoms with E-state index in [1.165, 1.54) is 4.90 Å². The van der Waals surface area contributed by atoms with Crippen LogP contribution in [0.2, 0.25) is 5.02 Å². The molecule has 0 aromatic heterocycles. The SMILES string of the molecule is CCC(C)NC(=O)CN1C(=O)COc2ccc(C(=O)COc3ccccc3Cl)cc21. The number of anilines is 1. The van der Waals surface area contributed by atoms with E-state index in [0.717, 1.165) is 6.42 Å². The number of amides is 2. The quantitative estimate of drug-likeness (QED) is 0.650. The van der Waals surface area contributed by atoms with E-state index in [1.807, 2.05) is 13.8 Å². The van der Waals surface area contributed by atoms with Gasteiger partial charge in [0.25, 0.3) is 5.91 Å². The van der Waals surface area contributed by atoms with E-state index < -0.39 is 0 Å². The molecule has 2 amide bonds. The van der Waals surface area contributed by atoms with Crippen molar-refractivity contribution in [3.8, 4) is 11.5 Å². The Balaban J connectivity index is 1.75. The molecule has 1 aliphatic rings. The van der Waals surface area contributed by atoms with Gasteiger partial charge in [-0.15, -0.1) is 0 Å². The number of ether oxygens (including phenoxy) is 2. The molecular formula is C22H23ClN2O5. The normalized spacial score (nSPS) is 13.8. The summed E-state index contributed by atoms with van der Waals surface area (Å²) in [6, 6.07) is 11.6. The fourth-order valence-electron chi connectivity index (χ4n) is 2.90. The molecule has 0 bridgehead atoms. The molecule has 0 saturated carbocycles. The van der Waals surface area contributed by atoms with Crippen molar-refractivity contribution >= 4 is 34.9 Å². The molecule has 1 N–H and O–H groups in total. The Morgan fingerprint density at radius 2 is 2.03 bits per heavy atom. The number of ketones is 1. The summed E-state index contributed by atoms with van der Waals surface area (Å²) < 4.78 is 11.0. The summed E-state index contributed by atoms with van der Waals surface area (Å²) in [6.07, 6.45) is 0.781. The number of rotatable bonds is 8. The molecule has 8 heteroatoms. The molecular weight excluding hydrogens is 408 g/mol. The third kappa shape index (κ3) is 5.10. The monoisotopic (exact) mass is 430 g/mol. The number of carbonyl (C=O) groups is 3. The minimum atomic E-state index is -0.348. The number of hydrogen-bond donors (Lipinski definition) is 1. The first kappa shape index (κ1) is 21.6. The van der Waals surface area contributed by atoms with Crippen LogP contribution in [0.1, 0.15) is 30.6 Å². The summed E-state index contributed by atoms with van der Waals surface area (Å²) in [5, 5.41) is 3.25. The van der Waals surface area contributed by atoms with Crippen molar-refractivity contribution < 1.29 is 23.9 Å². The Morgan fingerprint density at radius 3 is 2.77 bits per heavy atom. The molecule has 3 rings (SSSR count). The van der Waals surface area contributed by atoms with Crippen LogP contribution in [0.25, 0.3) is 0 Å². The van der Waals surface area contributed by atoms with E-state index >= 15 is 0 Å². The Morgan fingerprint density at radius 1 is 1.27 bits per heavy atom. The van der Waals surface area contributed by atoms with E-state index in [2.05, 4.69) is 5.32 Å². The molecule has 2 aromatic carbocycles. The summed E-state index contributed by atoms with van der Waals surface area (Å²) in [6.45, 7) is 3.33.